The van der Waals surface area contributed by atoms with Gasteiger partial charge in [-0.25, -0.2) is 13.2 Å². The minimum absolute atomic E-state index is 0.00717. The van der Waals surface area contributed by atoms with Crippen LogP contribution in [-0.2, 0) is 4.74 Å². The van der Waals surface area contributed by atoms with Gasteiger partial charge in [0.15, 0.2) is 5.82 Å². The second-order valence-corrected chi connectivity index (χ2v) is 14.7. The van der Waals surface area contributed by atoms with Crippen LogP contribution >= 0.6 is 0 Å². The average Bonchev–Trinajstić information content (AvgIpc) is 3.67. The molecule has 4 aromatic rings. The van der Waals surface area contributed by atoms with Crippen LogP contribution in [-0.4, -0.2) is 87.6 Å². The molecule has 9 rings (SSSR count). The molecule has 258 valence electrons. The number of phenols is 1. The van der Waals surface area contributed by atoms with Crippen LogP contribution in [0.1, 0.15) is 50.5 Å². The molecule has 2 unspecified atom stereocenters. The second-order valence-electron chi connectivity index (χ2n) is 14.7. The molecule has 12 heteroatoms. The number of benzene rings is 2. The largest absolute Gasteiger partial charge is 0.508 e. The van der Waals surface area contributed by atoms with Gasteiger partial charge >= 0.3 is 6.01 Å². The highest BCUT2D eigenvalue weighted by Gasteiger charge is 2.48. The highest BCUT2D eigenvalue weighted by Crippen LogP contribution is 2.43. The van der Waals surface area contributed by atoms with Crippen molar-refractivity contribution in [2.45, 2.75) is 68.2 Å². The van der Waals surface area contributed by atoms with Crippen molar-refractivity contribution in [1.29, 1.82) is 0 Å². The van der Waals surface area contributed by atoms with Crippen LogP contribution in [0.4, 0.5) is 19.0 Å². The van der Waals surface area contributed by atoms with Gasteiger partial charge in [0.25, 0.3) is 0 Å². The molecule has 2 bridgehead atoms. The summed E-state index contributed by atoms with van der Waals surface area (Å²) in [6.45, 7) is 3.44. The molecule has 2 aromatic carbocycles. The standard InChI is InChI=1S/C38H37F3N6O3/c1-2-27-30(40)7-4-23-12-25(48)13-28(31(23)27)33-32(41)34-29(16-42-33)35(46-18-24-8-10-37(19-46,45-24)20-49-26-5-6-26)44-36(43-34)50-21-38-9-3-11-47(38)17-22(14-38)15-39/h1,4,7,12-13,15-16,24,26,45,48H,3,5-6,8-11,14,17-21H2/b22-15-/t24?,37?,38-/m0/s1. The Morgan fingerprint density at radius 1 is 1.14 bits per heavy atom. The number of fused-ring (bicyclic) bond motifs is 5. The lowest BCUT2D eigenvalue weighted by Gasteiger charge is -2.42. The summed E-state index contributed by atoms with van der Waals surface area (Å²) in [7, 11) is 0. The SMILES string of the molecule is C#Cc1c(F)ccc2cc(O)cc(-c3ncc4c(N5CC6CCC(COC7CC7)(C5)N6)nc(OC[C@@]56CCCN5C/C(=C\F)C6)nc4c3F)c12. The van der Waals surface area contributed by atoms with Crippen molar-refractivity contribution in [3.05, 3.63) is 59.6 Å². The number of hydrogen-bond acceptors (Lipinski definition) is 9. The van der Waals surface area contributed by atoms with Crippen molar-refractivity contribution < 1.29 is 27.8 Å². The van der Waals surface area contributed by atoms with Crippen molar-refractivity contribution in [2.75, 3.05) is 44.3 Å². The smallest absolute Gasteiger partial charge is 0.319 e. The molecule has 2 aromatic heterocycles. The van der Waals surface area contributed by atoms with Crippen LogP contribution in [0.5, 0.6) is 11.8 Å². The zero-order valence-electron chi connectivity index (χ0n) is 27.5. The third-order valence-corrected chi connectivity index (χ3v) is 11.2. The summed E-state index contributed by atoms with van der Waals surface area (Å²) in [5, 5.41) is 15.5. The minimum atomic E-state index is -0.774. The molecule has 9 nitrogen and oxygen atoms in total. The number of halogens is 3. The summed E-state index contributed by atoms with van der Waals surface area (Å²) in [6, 6.07) is 5.69. The van der Waals surface area contributed by atoms with E-state index in [-0.39, 0.29) is 63.2 Å². The number of terminal acetylenes is 1. The maximum absolute atomic E-state index is 17.0. The van der Waals surface area contributed by atoms with Crippen LogP contribution in [0.3, 0.4) is 0 Å². The Bertz CT molecular complexity index is 2120. The number of hydrogen-bond donors (Lipinski definition) is 2. The third-order valence-electron chi connectivity index (χ3n) is 11.2. The summed E-state index contributed by atoms with van der Waals surface area (Å²) in [4.78, 5) is 18.5. The summed E-state index contributed by atoms with van der Waals surface area (Å²) >= 11 is 0. The fraction of sp³-hybridized carbons (Fsp3) is 0.447. The number of pyridine rings is 1. The van der Waals surface area contributed by atoms with E-state index in [2.05, 4.69) is 31.0 Å². The number of aromatic hydroxyl groups is 1. The lowest BCUT2D eigenvalue weighted by molar-refractivity contribution is 0.0606. The van der Waals surface area contributed by atoms with Crippen molar-refractivity contribution >= 4 is 27.5 Å². The van der Waals surface area contributed by atoms with E-state index in [4.69, 9.17) is 20.9 Å². The Kier molecular flexibility index (Phi) is 7.46. The number of piperazine rings is 1. The number of aromatic nitrogens is 3. The molecule has 4 aliphatic heterocycles. The normalized spacial score (nSPS) is 27.0. The van der Waals surface area contributed by atoms with E-state index < -0.39 is 11.6 Å². The monoisotopic (exact) mass is 682 g/mol. The highest BCUT2D eigenvalue weighted by molar-refractivity contribution is 6.03. The van der Waals surface area contributed by atoms with Gasteiger partial charge in [0.05, 0.1) is 41.1 Å². The molecular formula is C38H37F3N6O3. The van der Waals surface area contributed by atoms with Crippen LogP contribution in [0.25, 0.3) is 32.9 Å². The Hall–Kier alpha value is -4.44. The Morgan fingerprint density at radius 3 is 2.84 bits per heavy atom. The van der Waals surface area contributed by atoms with Crippen LogP contribution < -0.4 is 15.0 Å². The number of ether oxygens (including phenoxy) is 2. The quantitative estimate of drug-likeness (QED) is 0.225. The molecule has 2 N–H and O–H groups in total. The molecule has 5 fully saturated rings. The molecule has 0 spiro atoms. The maximum atomic E-state index is 17.0. The number of phenolic OH excluding ortho intramolecular Hbond substituents is 1. The topological polar surface area (TPSA) is 95.9 Å². The number of nitrogens with zero attached hydrogens (tertiary/aromatic N) is 5. The van der Waals surface area contributed by atoms with Gasteiger partial charge in [-0.2, -0.15) is 9.97 Å². The Balaban J connectivity index is 1.17. The first-order valence-corrected chi connectivity index (χ1v) is 17.4. The lowest BCUT2D eigenvalue weighted by atomic mass is 9.94. The molecule has 5 aliphatic rings. The molecular weight excluding hydrogens is 645 g/mol. The van der Waals surface area contributed by atoms with E-state index in [0.29, 0.717) is 61.7 Å². The number of rotatable bonds is 8. The summed E-state index contributed by atoms with van der Waals surface area (Å²) in [6.07, 6.45) is 14.7. The van der Waals surface area contributed by atoms with E-state index in [1.165, 1.54) is 30.5 Å². The fourth-order valence-corrected chi connectivity index (χ4v) is 8.74. The minimum Gasteiger partial charge on any atom is -0.508 e. The van der Waals surface area contributed by atoms with Gasteiger partial charge in [-0.05, 0) is 80.6 Å². The van der Waals surface area contributed by atoms with Crippen LogP contribution in [0.15, 0.2) is 42.4 Å². The van der Waals surface area contributed by atoms with Gasteiger partial charge in [-0.15, -0.1) is 6.42 Å². The van der Waals surface area contributed by atoms with Crippen molar-refractivity contribution in [1.82, 2.24) is 25.2 Å². The van der Waals surface area contributed by atoms with Crippen LogP contribution in [0.2, 0.25) is 0 Å². The zero-order valence-corrected chi connectivity index (χ0v) is 27.5. The summed E-state index contributed by atoms with van der Waals surface area (Å²) in [5.74, 6) is 1.32. The maximum Gasteiger partial charge on any atom is 0.319 e. The second kappa shape index (κ2) is 11.8. The molecule has 0 amide bonds. The first kappa shape index (κ1) is 31.5. The number of nitrogens with one attached hydrogen (secondary N) is 1. The summed E-state index contributed by atoms with van der Waals surface area (Å²) in [5.41, 5.74) is 0.00540. The van der Waals surface area contributed by atoms with Crippen LogP contribution in [0, 0.1) is 24.0 Å². The fourth-order valence-electron chi connectivity index (χ4n) is 8.74. The Labute approximate surface area is 287 Å². The number of anilines is 1. The summed E-state index contributed by atoms with van der Waals surface area (Å²) < 4.78 is 58.2. The van der Waals surface area contributed by atoms with Gasteiger partial charge in [0.1, 0.15) is 35.2 Å². The molecule has 1 aliphatic carbocycles. The highest BCUT2D eigenvalue weighted by atomic mass is 19.1. The molecule has 50 heavy (non-hydrogen) atoms. The average molecular weight is 683 g/mol. The molecule has 3 atom stereocenters. The van der Waals surface area contributed by atoms with E-state index in [9.17, 15) is 13.9 Å². The first-order chi connectivity index (χ1) is 24.3. The first-order valence-electron chi connectivity index (χ1n) is 17.4. The predicted octanol–water partition coefficient (Wildman–Crippen LogP) is 5.77. The van der Waals surface area contributed by atoms with Gasteiger partial charge < -0.3 is 24.8 Å². The molecule has 0 radical (unpaired) electrons. The molecule has 6 heterocycles. The predicted molar refractivity (Wildman–Crippen MR) is 183 cm³/mol. The van der Waals surface area contributed by atoms with Crippen molar-refractivity contribution in [3.8, 4) is 35.4 Å². The molecule has 4 saturated heterocycles. The van der Waals surface area contributed by atoms with E-state index in [0.717, 1.165) is 50.6 Å². The van der Waals surface area contributed by atoms with E-state index in [1.807, 2.05) is 0 Å². The van der Waals surface area contributed by atoms with E-state index in [1.54, 1.807) is 0 Å². The molecule has 1 saturated carbocycles. The van der Waals surface area contributed by atoms with Gasteiger partial charge in [0, 0.05) is 42.8 Å². The van der Waals surface area contributed by atoms with Gasteiger partial charge in [-0.1, -0.05) is 12.0 Å². The van der Waals surface area contributed by atoms with Gasteiger partial charge in [-0.3, -0.25) is 9.88 Å². The van der Waals surface area contributed by atoms with Crippen molar-refractivity contribution in [2.24, 2.45) is 0 Å². The van der Waals surface area contributed by atoms with Crippen molar-refractivity contribution in [3.63, 3.8) is 0 Å². The van der Waals surface area contributed by atoms with Gasteiger partial charge in [0.2, 0.25) is 0 Å². The Morgan fingerprint density at radius 2 is 2.02 bits per heavy atom. The third kappa shape index (κ3) is 5.25. The van der Waals surface area contributed by atoms with E-state index >= 15 is 4.39 Å². The lowest BCUT2D eigenvalue weighted by Crippen LogP contribution is -2.62. The zero-order chi connectivity index (χ0) is 34.2.